The number of rotatable bonds is 5. The van der Waals surface area contributed by atoms with Crippen LogP contribution in [-0.2, 0) is 10.2 Å². The van der Waals surface area contributed by atoms with E-state index in [-0.39, 0.29) is 5.91 Å². The van der Waals surface area contributed by atoms with Crippen LogP contribution in [0.1, 0.15) is 57.7 Å². The van der Waals surface area contributed by atoms with Gasteiger partial charge in [0, 0.05) is 11.7 Å². The zero-order valence-electron chi connectivity index (χ0n) is 13.2. The molecule has 1 unspecified atom stereocenters. The third kappa shape index (κ3) is 2.73. The summed E-state index contributed by atoms with van der Waals surface area (Å²) >= 11 is 0. The fourth-order valence-corrected chi connectivity index (χ4v) is 2.78. The van der Waals surface area contributed by atoms with E-state index in [9.17, 15) is 4.79 Å². The Morgan fingerprint density at radius 2 is 1.95 bits per heavy atom. The van der Waals surface area contributed by atoms with Gasteiger partial charge in [0.25, 0.3) is 0 Å². The van der Waals surface area contributed by atoms with Crippen molar-refractivity contribution in [2.75, 3.05) is 12.4 Å². The van der Waals surface area contributed by atoms with Crippen molar-refractivity contribution < 1.29 is 4.79 Å². The summed E-state index contributed by atoms with van der Waals surface area (Å²) in [5.74, 6) is 0.799. The Balaban J connectivity index is 2.27. The van der Waals surface area contributed by atoms with Gasteiger partial charge in [-0.2, -0.15) is 0 Å². The number of nitrogens with one attached hydrogen (secondary N) is 2. The molecule has 2 rings (SSSR count). The van der Waals surface area contributed by atoms with Crippen LogP contribution < -0.4 is 10.6 Å². The Morgan fingerprint density at radius 3 is 2.55 bits per heavy atom. The lowest BCUT2D eigenvalue weighted by molar-refractivity contribution is -0.119. The van der Waals surface area contributed by atoms with Crippen molar-refractivity contribution in [3.05, 3.63) is 29.3 Å². The molecule has 0 fully saturated rings. The molecule has 20 heavy (non-hydrogen) atoms. The third-order valence-electron chi connectivity index (χ3n) is 4.32. The summed E-state index contributed by atoms with van der Waals surface area (Å²) in [5, 5.41) is 6.36. The minimum absolute atomic E-state index is 0.0906. The van der Waals surface area contributed by atoms with E-state index in [1.807, 2.05) is 27.0 Å². The largest absolute Gasteiger partial charge is 0.325 e. The zero-order valence-corrected chi connectivity index (χ0v) is 13.2. The van der Waals surface area contributed by atoms with Crippen molar-refractivity contribution in [2.24, 2.45) is 5.92 Å². The molecule has 0 bridgehead atoms. The molecule has 0 aromatic heterocycles. The number of carbonyl (C=O) groups is 1. The highest BCUT2D eigenvalue weighted by molar-refractivity contribution is 6.05. The first kappa shape index (κ1) is 15.0. The standard InChI is InChI=1S/C17H26N2O/c1-11(2)6-8-14(18-5)12-7-9-15-13(10-12)17(3,4)16(20)19-15/h7,9-11,14,18H,6,8H2,1-5H3,(H,19,20). The molecule has 1 aliphatic heterocycles. The molecule has 110 valence electrons. The van der Waals surface area contributed by atoms with Gasteiger partial charge in [-0.3, -0.25) is 4.79 Å². The van der Waals surface area contributed by atoms with Gasteiger partial charge in [0.1, 0.15) is 0 Å². The average Bonchev–Trinajstić information content (AvgIpc) is 2.61. The van der Waals surface area contributed by atoms with Crippen LogP contribution in [0.15, 0.2) is 18.2 Å². The highest BCUT2D eigenvalue weighted by Crippen LogP contribution is 2.39. The SMILES string of the molecule is CNC(CCC(C)C)c1ccc2c(c1)C(C)(C)C(=O)N2. The Kier molecular flexibility index (Phi) is 4.19. The number of hydrogen-bond donors (Lipinski definition) is 2. The zero-order chi connectivity index (χ0) is 14.9. The number of benzene rings is 1. The Bertz CT molecular complexity index is 506. The van der Waals surface area contributed by atoms with E-state index < -0.39 is 5.41 Å². The summed E-state index contributed by atoms with van der Waals surface area (Å²) in [6.45, 7) is 8.48. The molecule has 2 N–H and O–H groups in total. The molecule has 1 aromatic carbocycles. The highest BCUT2D eigenvalue weighted by Gasteiger charge is 2.38. The second kappa shape index (κ2) is 5.57. The predicted octanol–water partition coefficient (Wildman–Crippen LogP) is 3.61. The van der Waals surface area contributed by atoms with Crippen LogP contribution in [0.2, 0.25) is 0 Å². The van der Waals surface area contributed by atoms with E-state index in [1.165, 1.54) is 12.0 Å². The quantitative estimate of drug-likeness (QED) is 0.861. The van der Waals surface area contributed by atoms with Gasteiger partial charge >= 0.3 is 0 Å². The first-order valence-corrected chi connectivity index (χ1v) is 7.49. The summed E-state index contributed by atoms with van der Waals surface area (Å²) in [5.41, 5.74) is 2.92. The molecule has 0 spiro atoms. The Hall–Kier alpha value is -1.35. The van der Waals surface area contributed by atoms with Crippen molar-refractivity contribution >= 4 is 11.6 Å². The molecule has 1 heterocycles. The van der Waals surface area contributed by atoms with Crippen molar-refractivity contribution in [3.8, 4) is 0 Å². The molecular formula is C17H26N2O. The summed E-state index contributed by atoms with van der Waals surface area (Å²) in [6, 6.07) is 6.71. The van der Waals surface area contributed by atoms with Crippen LogP contribution in [-0.4, -0.2) is 13.0 Å². The number of anilines is 1. The lowest BCUT2D eigenvalue weighted by Crippen LogP contribution is -2.27. The molecule has 1 atom stereocenters. The molecule has 1 aromatic rings. The van der Waals surface area contributed by atoms with Gasteiger partial charge in [-0.05, 0) is 56.8 Å². The number of carbonyl (C=O) groups excluding carboxylic acids is 1. The third-order valence-corrected chi connectivity index (χ3v) is 4.32. The maximum Gasteiger partial charge on any atom is 0.234 e. The lowest BCUT2D eigenvalue weighted by atomic mass is 9.84. The molecule has 0 aliphatic carbocycles. The van der Waals surface area contributed by atoms with E-state index in [0.717, 1.165) is 17.7 Å². The predicted molar refractivity (Wildman–Crippen MR) is 84.0 cm³/mol. The van der Waals surface area contributed by atoms with Crippen LogP contribution >= 0.6 is 0 Å². The molecule has 3 nitrogen and oxygen atoms in total. The molecule has 0 radical (unpaired) electrons. The first-order valence-electron chi connectivity index (χ1n) is 7.49. The Morgan fingerprint density at radius 1 is 1.25 bits per heavy atom. The number of hydrogen-bond acceptors (Lipinski definition) is 2. The van der Waals surface area contributed by atoms with Crippen molar-refractivity contribution in [3.63, 3.8) is 0 Å². The van der Waals surface area contributed by atoms with Crippen LogP contribution in [0.25, 0.3) is 0 Å². The maximum atomic E-state index is 12.0. The van der Waals surface area contributed by atoms with Gasteiger partial charge in [-0.1, -0.05) is 26.0 Å². The minimum atomic E-state index is -0.429. The minimum Gasteiger partial charge on any atom is -0.325 e. The van der Waals surface area contributed by atoms with E-state index in [2.05, 4.69) is 36.6 Å². The Labute approximate surface area is 122 Å². The lowest BCUT2D eigenvalue weighted by Gasteiger charge is -2.21. The monoisotopic (exact) mass is 274 g/mol. The van der Waals surface area contributed by atoms with Crippen molar-refractivity contribution in [1.29, 1.82) is 0 Å². The molecule has 1 amide bonds. The normalized spacial score (nSPS) is 18.0. The summed E-state index contributed by atoms with van der Waals surface area (Å²) < 4.78 is 0. The summed E-state index contributed by atoms with van der Waals surface area (Å²) in [4.78, 5) is 12.0. The topological polar surface area (TPSA) is 41.1 Å². The van der Waals surface area contributed by atoms with Crippen LogP contribution in [0, 0.1) is 5.92 Å². The van der Waals surface area contributed by atoms with Crippen LogP contribution in [0.3, 0.4) is 0 Å². The molecular weight excluding hydrogens is 248 g/mol. The second-order valence-corrected chi connectivity index (χ2v) is 6.70. The fourth-order valence-electron chi connectivity index (χ4n) is 2.78. The van der Waals surface area contributed by atoms with Gasteiger partial charge in [0.15, 0.2) is 0 Å². The molecule has 0 saturated heterocycles. The van der Waals surface area contributed by atoms with Crippen molar-refractivity contribution in [1.82, 2.24) is 5.32 Å². The molecule has 1 aliphatic rings. The first-order chi connectivity index (χ1) is 9.36. The van der Waals surface area contributed by atoms with E-state index in [0.29, 0.717) is 12.0 Å². The smallest absolute Gasteiger partial charge is 0.234 e. The maximum absolute atomic E-state index is 12.0. The molecule has 0 saturated carbocycles. The van der Waals surface area contributed by atoms with Crippen LogP contribution in [0.5, 0.6) is 0 Å². The van der Waals surface area contributed by atoms with Crippen LogP contribution in [0.4, 0.5) is 5.69 Å². The van der Waals surface area contributed by atoms with Gasteiger partial charge in [0.05, 0.1) is 5.41 Å². The van der Waals surface area contributed by atoms with E-state index >= 15 is 0 Å². The van der Waals surface area contributed by atoms with Gasteiger partial charge in [0.2, 0.25) is 5.91 Å². The average molecular weight is 274 g/mol. The summed E-state index contributed by atoms with van der Waals surface area (Å²) in [7, 11) is 2.01. The molecule has 3 heteroatoms. The number of fused-ring (bicyclic) bond motifs is 1. The van der Waals surface area contributed by atoms with Gasteiger partial charge in [-0.25, -0.2) is 0 Å². The van der Waals surface area contributed by atoms with Gasteiger partial charge < -0.3 is 10.6 Å². The second-order valence-electron chi connectivity index (χ2n) is 6.70. The fraction of sp³-hybridized carbons (Fsp3) is 0.588. The van der Waals surface area contributed by atoms with E-state index in [4.69, 9.17) is 0 Å². The van der Waals surface area contributed by atoms with Gasteiger partial charge in [-0.15, -0.1) is 0 Å². The summed E-state index contributed by atoms with van der Waals surface area (Å²) in [6.07, 6.45) is 2.32. The highest BCUT2D eigenvalue weighted by atomic mass is 16.2. The van der Waals surface area contributed by atoms with Crippen molar-refractivity contribution in [2.45, 2.75) is 52.0 Å². The van der Waals surface area contributed by atoms with E-state index in [1.54, 1.807) is 0 Å². The number of amides is 1.